The third-order valence-corrected chi connectivity index (χ3v) is 3.92. The van der Waals surface area contributed by atoms with Crippen LogP contribution in [0.3, 0.4) is 0 Å². The first-order valence-corrected chi connectivity index (χ1v) is 7.35. The SMILES string of the molecule is CCc1nnc(CN2CCc3cc(Br)ccc3C2)o1. The molecule has 0 aliphatic carbocycles. The molecule has 2 aromatic rings. The molecule has 1 aromatic heterocycles. The van der Waals surface area contributed by atoms with Crippen molar-refractivity contribution < 1.29 is 4.42 Å². The van der Waals surface area contributed by atoms with Gasteiger partial charge in [-0.3, -0.25) is 4.90 Å². The smallest absolute Gasteiger partial charge is 0.230 e. The van der Waals surface area contributed by atoms with Gasteiger partial charge in [0, 0.05) is 24.0 Å². The van der Waals surface area contributed by atoms with E-state index in [1.165, 1.54) is 11.1 Å². The number of hydrogen-bond donors (Lipinski definition) is 0. The normalized spacial score (nSPS) is 15.5. The summed E-state index contributed by atoms with van der Waals surface area (Å²) >= 11 is 3.52. The second-order valence-corrected chi connectivity index (χ2v) is 5.73. The van der Waals surface area contributed by atoms with Gasteiger partial charge in [0.1, 0.15) is 0 Å². The van der Waals surface area contributed by atoms with Gasteiger partial charge in [-0.15, -0.1) is 10.2 Å². The first kappa shape index (κ1) is 12.8. The molecule has 1 aliphatic heterocycles. The predicted octanol–water partition coefficient (Wildman–Crippen LogP) is 2.95. The van der Waals surface area contributed by atoms with Crippen LogP contribution in [0.5, 0.6) is 0 Å². The highest BCUT2D eigenvalue weighted by molar-refractivity contribution is 9.10. The van der Waals surface area contributed by atoms with Gasteiger partial charge in [0.2, 0.25) is 11.8 Å². The molecule has 0 fully saturated rings. The summed E-state index contributed by atoms with van der Waals surface area (Å²) in [6.45, 7) is 4.74. The zero-order valence-corrected chi connectivity index (χ0v) is 12.5. The van der Waals surface area contributed by atoms with Gasteiger partial charge in [-0.1, -0.05) is 28.9 Å². The van der Waals surface area contributed by atoms with Crippen LogP contribution in [0, 0.1) is 0 Å². The topological polar surface area (TPSA) is 42.2 Å². The third kappa shape index (κ3) is 2.87. The lowest BCUT2D eigenvalue weighted by Crippen LogP contribution is -2.30. The van der Waals surface area contributed by atoms with E-state index < -0.39 is 0 Å². The minimum Gasteiger partial charge on any atom is -0.424 e. The summed E-state index contributed by atoms with van der Waals surface area (Å²) in [4.78, 5) is 2.35. The Morgan fingerprint density at radius 2 is 2.11 bits per heavy atom. The van der Waals surface area contributed by atoms with E-state index in [4.69, 9.17) is 4.42 Å². The molecule has 0 spiro atoms. The van der Waals surface area contributed by atoms with Gasteiger partial charge >= 0.3 is 0 Å². The van der Waals surface area contributed by atoms with Crippen molar-refractivity contribution in [2.75, 3.05) is 6.54 Å². The summed E-state index contributed by atoms with van der Waals surface area (Å²) in [7, 11) is 0. The van der Waals surface area contributed by atoms with E-state index in [-0.39, 0.29) is 0 Å². The van der Waals surface area contributed by atoms with Gasteiger partial charge in [0.25, 0.3) is 0 Å². The Hall–Kier alpha value is -1.20. The Morgan fingerprint density at radius 3 is 2.89 bits per heavy atom. The molecule has 0 atom stereocenters. The number of nitrogens with zero attached hydrogens (tertiary/aromatic N) is 3. The number of rotatable bonds is 3. The van der Waals surface area contributed by atoms with E-state index in [1.807, 2.05) is 6.92 Å². The maximum atomic E-state index is 5.57. The Bertz CT molecular complexity index is 582. The fourth-order valence-electron chi connectivity index (χ4n) is 2.40. The van der Waals surface area contributed by atoms with Crippen molar-refractivity contribution in [3.8, 4) is 0 Å². The van der Waals surface area contributed by atoms with E-state index in [1.54, 1.807) is 0 Å². The van der Waals surface area contributed by atoms with Crippen LogP contribution in [0.4, 0.5) is 0 Å². The summed E-state index contributed by atoms with van der Waals surface area (Å²) in [5.74, 6) is 1.44. The lowest BCUT2D eigenvalue weighted by atomic mass is 10.00. The fourth-order valence-corrected chi connectivity index (χ4v) is 2.81. The van der Waals surface area contributed by atoms with Crippen molar-refractivity contribution in [3.05, 3.63) is 45.6 Å². The van der Waals surface area contributed by atoms with Gasteiger partial charge in [-0.05, 0) is 29.7 Å². The minimum atomic E-state index is 0.719. The van der Waals surface area contributed by atoms with Crippen molar-refractivity contribution in [1.82, 2.24) is 15.1 Å². The molecule has 2 heterocycles. The molecule has 0 bridgehead atoms. The molecule has 100 valence electrons. The number of halogens is 1. The largest absolute Gasteiger partial charge is 0.424 e. The maximum absolute atomic E-state index is 5.57. The number of hydrogen-bond acceptors (Lipinski definition) is 4. The van der Waals surface area contributed by atoms with E-state index >= 15 is 0 Å². The summed E-state index contributed by atoms with van der Waals surface area (Å²) in [5.41, 5.74) is 2.83. The van der Waals surface area contributed by atoms with E-state index in [0.29, 0.717) is 0 Å². The van der Waals surface area contributed by atoms with Gasteiger partial charge in [-0.2, -0.15) is 0 Å². The average molecular weight is 322 g/mol. The lowest BCUT2D eigenvalue weighted by molar-refractivity contribution is 0.219. The van der Waals surface area contributed by atoms with Crippen LogP contribution in [0.25, 0.3) is 0 Å². The molecule has 5 heteroatoms. The summed E-state index contributed by atoms with van der Waals surface area (Å²) in [6.07, 6.45) is 1.87. The molecule has 19 heavy (non-hydrogen) atoms. The van der Waals surface area contributed by atoms with Crippen molar-refractivity contribution in [1.29, 1.82) is 0 Å². The van der Waals surface area contributed by atoms with E-state index in [0.717, 1.165) is 48.7 Å². The van der Waals surface area contributed by atoms with Crippen molar-refractivity contribution in [2.24, 2.45) is 0 Å². The Labute approximate surface area is 121 Å². The molecule has 1 aromatic carbocycles. The van der Waals surface area contributed by atoms with E-state index in [9.17, 15) is 0 Å². The summed E-state index contributed by atoms with van der Waals surface area (Å²) in [5, 5.41) is 8.09. The molecule has 1 aliphatic rings. The Morgan fingerprint density at radius 1 is 1.26 bits per heavy atom. The number of fused-ring (bicyclic) bond motifs is 1. The van der Waals surface area contributed by atoms with Crippen LogP contribution in [0.2, 0.25) is 0 Å². The molecule has 0 unspecified atom stereocenters. The molecular weight excluding hydrogens is 306 g/mol. The monoisotopic (exact) mass is 321 g/mol. The molecule has 0 N–H and O–H groups in total. The number of aromatic nitrogens is 2. The fraction of sp³-hybridized carbons (Fsp3) is 0.429. The van der Waals surface area contributed by atoms with E-state index in [2.05, 4.69) is 49.2 Å². The quantitative estimate of drug-likeness (QED) is 0.871. The van der Waals surface area contributed by atoms with Crippen LogP contribution < -0.4 is 0 Å². The predicted molar refractivity (Wildman–Crippen MR) is 75.6 cm³/mol. The molecule has 4 nitrogen and oxygen atoms in total. The standard InChI is InChI=1S/C14H16BrN3O/c1-2-13-16-17-14(19-13)9-18-6-5-10-7-12(15)4-3-11(10)8-18/h3-4,7H,2,5-6,8-9H2,1H3. The first-order chi connectivity index (χ1) is 9.24. The van der Waals surface area contributed by atoms with Crippen LogP contribution in [0.1, 0.15) is 29.8 Å². The Kier molecular flexibility index (Phi) is 3.66. The molecular formula is C14H16BrN3O. The summed E-state index contributed by atoms with van der Waals surface area (Å²) < 4.78 is 6.73. The van der Waals surface area contributed by atoms with Crippen LogP contribution >= 0.6 is 15.9 Å². The van der Waals surface area contributed by atoms with Gasteiger partial charge in [0.05, 0.1) is 6.54 Å². The highest BCUT2D eigenvalue weighted by Gasteiger charge is 2.18. The molecule has 3 rings (SSSR count). The highest BCUT2D eigenvalue weighted by atomic mass is 79.9. The van der Waals surface area contributed by atoms with Gasteiger partial charge in [-0.25, -0.2) is 0 Å². The van der Waals surface area contributed by atoms with Crippen LogP contribution in [-0.4, -0.2) is 21.6 Å². The molecule has 0 amide bonds. The summed E-state index contributed by atoms with van der Waals surface area (Å²) in [6, 6.07) is 6.51. The molecule has 0 saturated carbocycles. The third-order valence-electron chi connectivity index (χ3n) is 3.43. The van der Waals surface area contributed by atoms with Gasteiger partial charge in [0.15, 0.2) is 0 Å². The molecule has 0 saturated heterocycles. The first-order valence-electron chi connectivity index (χ1n) is 6.55. The average Bonchev–Trinajstić information content (AvgIpc) is 2.86. The van der Waals surface area contributed by atoms with Crippen molar-refractivity contribution in [3.63, 3.8) is 0 Å². The minimum absolute atomic E-state index is 0.719. The zero-order valence-electron chi connectivity index (χ0n) is 10.9. The zero-order chi connectivity index (χ0) is 13.2. The second-order valence-electron chi connectivity index (χ2n) is 4.82. The number of benzene rings is 1. The lowest BCUT2D eigenvalue weighted by Gasteiger charge is -2.27. The van der Waals surface area contributed by atoms with Crippen LogP contribution in [-0.2, 0) is 25.9 Å². The van der Waals surface area contributed by atoms with Crippen molar-refractivity contribution in [2.45, 2.75) is 32.9 Å². The highest BCUT2D eigenvalue weighted by Crippen LogP contribution is 2.23. The van der Waals surface area contributed by atoms with Crippen LogP contribution in [0.15, 0.2) is 27.1 Å². The second kappa shape index (κ2) is 5.43. The molecule has 0 radical (unpaired) electrons. The Balaban J connectivity index is 1.70. The van der Waals surface area contributed by atoms with Crippen molar-refractivity contribution >= 4 is 15.9 Å². The maximum Gasteiger partial charge on any atom is 0.230 e. The van der Waals surface area contributed by atoms with Gasteiger partial charge < -0.3 is 4.42 Å². The number of aryl methyl sites for hydroxylation is 1.